The van der Waals surface area contributed by atoms with E-state index in [0.717, 1.165) is 48.6 Å². The number of benzene rings is 1. The second-order valence-corrected chi connectivity index (χ2v) is 8.46. The molecular formula is C24H31N3O2. The summed E-state index contributed by atoms with van der Waals surface area (Å²) in [5.41, 5.74) is 4.32. The lowest BCUT2D eigenvalue weighted by Gasteiger charge is -2.33. The normalized spacial score (nSPS) is 14.9. The number of anilines is 1. The number of nitrogens with zero attached hydrogens (tertiary/aromatic N) is 2. The number of rotatable bonds is 5. The van der Waals surface area contributed by atoms with E-state index in [1.54, 1.807) is 0 Å². The number of hydrogen-bond acceptors (Lipinski definition) is 3. The molecule has 2 aromatic rings. The molecule has 0 aliphatic carbocycles. The highest BCUT2D eigenvalue weighted by molar-refractivity contribution is 6.05. The molecule has 3 rings (SSSR count). The molecule has 5 nitrogen and oxygen atoms in total. The number of aromatic nitrogens is 1. The van der Waals surface area contributed by atoms with Crippen molar-refractivity contribution in [2.24, 2.45) is 5.92 Å². The van der Waals surface area contributed by atoms with Crippen molar-refractivity contribution in [3.63, 3.8) is 0 Å². The van der Waals surface area contributed by atoms with E-state index in [0.29, 0.717) is 17.9 Å². The van der Waals surface area contributed by atoms with Gasteiger partial charge in [-0.3, -0.25) is 14.6 Å². The number of hydrogen-bond donors (Lipinski definition) is 1. The van der Waals surface area contributed by atoms with E-state index < -0.39 is 0 Å². The average Bonchev–Trinajstić information content (AvgIpc) is 2.69. The van der Waals surface area contributed by atoms with Crippen molar-refractivity contribution >= 4 is 17.5 Å². The molecule has 0 unspecified atom stereocenters. The van der Waals surface area contributed by atoms with Gasteiger partial charge in [0.1, 0.15) is 0 Å². The summed E-state index contributed by atoms with van der Waals surface area (Å²) in [5.74, 6) is 0.662. The minimum Gasteiger partial charge on any atom is -0.343 e. The number of amides is 2. The van der Waals surface area contributed by atoms with Crippen molar-refractivity contribution in [3.05, 3.63) is 58.9 Å². The second kappa shape index (κ2) is 9.21. The first-order valence-corrected chi connectivity index (χ1v) is 10.5. The fourth-order valence-electron chi connectivity index (χ4n) is 3.80. The fourth-order valence-corrected chi connectivity index (χ4v) is 3.80. The maximum absolute atomic E-state index is 13.0. The number of likely N-dealkylation sites (tertiary alicyclic amines) is 1. The summed E-state index contributed by atoms with van der Waals surface area (Å²) < 4.78 is 0. The summed E-state index contributed by atoms with van der Waals surface area (Å²) in [7, 11) is 0. The highest BCUT2D eigenvalue weighted by Gasteiger charge is 2.28. The molecule has 1 aliphatic rings. The summed E-state index contributed by atoms with van der Waals surface area (Å²) in [6.07, 6.45) is 2.27. The zero-order chi connectivity index (χ0) is 21.0. The first-order valence-electron chi connectivity index (χ1n) is 10.5. The van der Waals surface area contributed by atoms with Crippen LogP contribution in [0, 0.1) is 19.8 Å². The Bertz CT molecular complexity index is 866. The Labute approximate surface area is 173 Å². The molecule has 2 amide bonds. The third-order valence-electron chi connectivity index (χ3n) is 5.44. The van der Waals surface area contributed by atoms with Gasteiger partial charge in [0, 0.05) is 36.8 Å². The first kappa shape index (κ1) is 21.0. The van der Waals surface area contributed by atoms with E-state index in [-0.39, 0.29) is 17.7 Å². The van der Waals surface area contributed by atoms with Gasteiger partial charge in [-0.2, -0.15) is 0 Å². The van der Waals surface area contributed by atoms with Crippen LogP contribution in [0.15, 0.2) is 36.4 Å². The Hall–Kier alpha value is -2.69. The zero-order valence-electron chi connectivity index (χ0n) is 17.9. The van der Waals surface area contributed by atoms with Crippen LogP contribution in [0.4, 0.5) is 5.69 Å². The van der Waals surface area contributed by atoms with Crippen LogP contribution in [0.5, 0.6) is 0 Å². The molecular weight excluding hydrogens is 362 g/mol. The van der Waals surface area contributed by atoms with Crippen molar-refractivity contribution in [2.75, 3.05) is 18.4 Å². The van der Waals surface area contributed by atoms with Crippen molar-refractivity contribution in [1.29, 1.82) is 0 Å². The lowest BCUT2D eigenvalue weighted by Crippen LogP contribution is -2.38. The summed E-state index contributed by atoms with van der Waals surface area (Å²) in [5, 5.41) is 2.99. The van der Waals surface area contributed by atoms with Crippen LogP contribution < -0.4 is 5.32 Å². The van der Waals surface area contributed by atoms with Gasteiger partial charge >= 0.3 is 0 Å². The van der Waals surface area contributed by atoms with E-state index in [9.17, 15) is 9.59 Å². The van der Waals surface area contributed by atoms with Crippen LogP contribution in [0.2, 0.25) is 0 Å². The molecule has 1 saturated heterocycles. The Morgan fingerprint density at radius 3 is 2.34 bits per heavy atom. The Balaban J connectivity index is 1.73. The minimum absolute atomic E-state index is 0.130. The fraction of sp³-hybridized carbons (Fsp3) is 0.458. The molecule has 0 atom stereocenters. The molecule has 29 heavy (non-hydrogen) atoms. The smallest absolute Gasteiger partial charge is 0.257 e. The molecule has 0 spiro atoms. The number of carbonyl (C=O) groups is 2. The van der Waals surface area contributed by atoms with Gasteiger partial charge in [0.05, 0.1) is 11.3 Å². The molecule has 0 saturated carbocycles. The van der Waals surface area contributed by atoms with E-state index in [1.165, 1.54) is 0 Å². The Morgan fingerprint density at radius 2 is 1.72 bits per heavy atom. The number of piperidine rings is 1. The van der Waals surface area contributed by atoms with Crippen molar-refractivity contribution in [2.45, 2.75) is 52.9 Å². The quantitative estimate of drug-likeness (QED) is 0.801. The summed E-state index contributed by atoms with van der Waals surface area (Å²) in [4.78, 5) is 32.0. The highest BCUT2D eigenvalue weighted by Crippen LogP contribution is 2.30. The third-order valence-corrected chi connectivity index (χ3v) is 5.44. The molecule has 1 aromatic carbocycles. The SMILES string of the molecule is Cc1ccc(NC(=O)c2ccc(C)nc2C2CCN(C(=O)CC(C)C)CC2)cc1. The van der Waals surface area contributed by atoms with Crippen LogP contribution in [0.25, 0.3) is 0 Å². The lowest BCUT2D eigenvalue weighted by molar-refractivity contribution is -0.133. The van der Waals surface area contributed by atoms with Crippen LogP contribution >= 0.6 is 0 Å². The molecule has 2 heterocycles. The number of carbonyl (C=O) groups excluding carboxylic acids is 2. The van der Waals surface area contributed by atoms with Crippen molar-refractivity contribution in [3.8, 4) is 0 Å². The van der Waals surface area contributed by atoms with E-state index in [1.807, 2.05) is 55.1 Å². The highest BCUT2D eigenvalue weighted by atomic mass is 16.2. The predicted octanol–water partition coefficient (Wildman–Crippen LogP) is 4.70. The number of aryl methyl sites for hydroxylation is 2. The molecule has 1 N–H and O–H groups in total. The molecule has 0 bridgehead atoms. The topological polar surface area (TPSA) is 62.3 Å². The van der Waals surface area contributed by atoms with Crippen LogP contribution in [0.1, 0.15) is 66.3 Å². The monoisotopic (exact) mass is 393 g/mol. The maximum atomic E-state index is 13.0. The summed E-state index contributed by atoms with van der Waals surface area (Å²) in [6, 6.07) is 11.5. The lowest BCUT2D eigenvalue weighted by atomic mass is 9.89. The molecule has 5 heteroatoms. The predicted molar refractivity (Wildman–Crippen MR) is 116 cm³/mol. The van der Waals surface area contributed by atoms with Crippen LogP contribution in [0.3, 0.4) is 0 Å². The van der Waals surface area contributed by atoms with E-state index in [4.69, 9.17) is 4.98 Å². The third kappa shape index (κ3) is 5.43. The molecule has 154 valence electrons. The molecule has 1 aromatic heterocycles. The van der Waals surface area contributed by atoms with Gasteiger partial charge in [0.15, 0.2) is 0 Å². The van der Waals surface area contributed by atoms with Gasteiger partial charge in [-0.1, -0.05) is 31.5 Å². The average molecular weight is 394 g/mol. The van der Waals surface area contributed by atoms with Gasteiger partial charge in [0.25, 0.3) is 5.91 Å². The van der Waals surface area contributed by atoms with Gasteiger partial charge < -0.3 is 10.2 Å². The van der Waals surface area contributed by atoms with Crippen LogP contribution in [-0.2, 0) is 4.79 Å². The minimum atomic E-state index is -0.130. The summed E-state index contributed by atoms with van der Waals surface area (Å²) >= 11 is 0. The zero-order valence-corrected chi connectivity index (χ0v) is 17.9. The second-order valence-electron chi connectivity index (χ2n) is 8.46. The van der Waals surface area contributed by atoms with Crippen molar-refractivity contribution in [1.82, 2.24) is 9.88 Å². The standard InChI is InChI=1S/C24H31N3O2/c1-16(2)15-22(28)27-13-11-19(12-14-27)23-21(10-7-18(4)25-23)24(29)26-20-8-5-17(3)6-9-20/h5-10,16,19H,11-15H2,1-4H3,(H,26,29). The molecule has 1 aliphatic heterocycles. The largest absolute Gasteiger partial charge is 0.343 e. The van der Waals surface area contributed by atoms with Gasteiger partial charge in [-0.25, -0.2) is 0 Å². The maximum Gasteiger partial charge on any atom is 0.257 e. The van der Waals surface area contributed by atoms with Gasteiger partial charge in [-0.15, -0.1) is 0 Å². The Kier molecular flexibility index (Phi) is 6.68. The number of nitrogens with one attached hydrogen (secondary N) is 1. The number of pyridine rings is 1. The van der Waals surface area contributed by atoms with E-state index in [2.05, 4.69) is 19.2 Å². The van der Waals surface area contributed by atoms with Gasteiger partial charge in [-0.05, 0) is 56.9 Å². The summed E-state index contributed by atoms with van der Waals surface area (Å²) in [6.45, 7) is 9.56. The van der Waals surface area contributed by atoms with Gasteiger partial charge in [0.2, 0.25) is 5.91 Å². The molecule has 1 fully saturated rings. The van der Waals surface area contributed by atoms with Crippen molar-refractivity contribution < 1.29 is 9.59 Å². The van der Waals surface area contributed by atoms with Crippen LogP contribution in [-0.4, -0.2) is 34.8 Å². The first-order chi connectivity index (χ1) is 13.8. The molecule has 0 radical (unpaired) electrons. The Morgan fingerprint density at radius 1 is 1.07 bits per heavy atom. The van der Waals surface area contributed by atoms with E-state index >= 15 is 0 Å².